The van der Waals surface area contributed by atoms with E-state index in [0.717, 1.165) is 23.8 Å². The summed E-state index contributed by atoms with van der Waals surface area (Å²) in [5, 5.41) is 9.73. The summed E-state index contributed by atoms with van der Waals surface area (Å²) in [5.41, 5.74) is 2.08. The first-order chi connectivity index (χ1) is 9.74. The molecular weight excluding hydrogens is 250 g/mol. The Bertz CT molecular complexity index is 488. The van der Waals surface area contributed by atoms with E-state index in [0.29, 0.717) is 12.5 Å². The summed E-state index contributed by atoms with van der Waals surface area (Å²) in [6.45, 7) is 3.75. The van der Waals surface area contributed by atoms with E-state index in [4.69, 9.17) is 0 Å². The number of benzene rings is 1. The van der Waals surface area contributed by atoms with Crippen LogP contribution in [0.3, 0.4) is 0 Å². The van der Waals surface area contributed by atoms with Crippen LogP contribution in [0, 0.1) is 11.8 Å². The van der Waals surface area contributed by atoms with Gasteiger partial charge in [-0.1, -0.05) is 31.9 Å². The number of rotatable bonds is 3. The number of anilines is 2. The van der Waals surface area contributed by atoms with Crippen molar-refractivity contribution in [2.75, 3.05) is 23.7 Å². The van der Waals surface area contributed by atoms with Crippen molar-refractivity contribution < 1.29 is 4.79 Å². The third kappa shape index (κ3) is 2.74. The number of hydrogen-bond donors (Lipinski definition) is 3. The van der Waals surface area contributed by atoms with E-state index in [1.165, 1.54) is 19.3 Å². The minimum Gasteiger partial charge on any atom is -0.381 e. The van der Waals surface area contributed by atoms with Crippen LogP contribution in [-0.2, 0) is 4.79 Å². The topological polar surface area (TPSA) is 53.2 Å². The van der Waals surface area contributed by atoms with Crippen LogP contribution in [0.2, 0.25) is 0 Å². The monoisotopic (exact) mass is 273 g/mol. The molecule has 3 atom stereocenters. The van der Waals surface area contributed by atoms with Crippen molar-refractivity contribution in [1.82, 2.24) is 5.32 Å². The van der Waals surface area contributed by atoms with Crippen LogP contribution in [0.4, 0.5) is 11.4 Å². The molecule has 0 saturated heterocycles. The van der Waals surface area contributed by atoms with E-state index in [2.05, 4.69) is 22.9 Å². The van der Waals surface area contributed by atoms with E-state index in [1.807, 2.05) is 24.3 Å². The van der Waals surface area contributed by atoms with Crippen LogP contribution >= 0.6 is 0 Å². The molecule has 3 rings (SSSR count). The summed E-state index contributed by atoms with van der Waals surface area (Å²) in [6, 6.07) is 7.82. The minimum absolute atomic E-state index is 0.103. The summed E-state index contributed by atoms with van der Waals surface area (Å²) in [7, 11) is 0. The SMILES string of the molecule is CC1CCCC1CNC(=O)C1CNc2ccccc2N1. The van der Waals surface area contributed by atoms with Gasteiger partial charge in [0.25, 0.3) is 0 Å². The van der Waals surface area contributed by atoms with Gasteiger partial charge in [-0.05, 0) is 30.4 Å². The van der Waals surface area contributed by atoms with Crippen LogP contribution in [0.15, 0.2) is 24.3 Å². The average Bonchev–Trinajstić information content (AvgIpc) is 2.89. The lowest BCUT2D eigenvalue weighted by Gasteiger charge is -2.28. The molecule has 1 aliphatic carbocycles. The molecule has 0 spiro atoms. The van der Waals surface area contributed by atoms with E-state index >= 15 is 0 Å². The lowest BCUT2D eigenvalue weighted by molar-refractivity contribution is -0.121. The van der Waals surface area contributed by atoms with Gasteiger partial charge in [0.2, 0.25) is 5.91 Å². The molecule has 1 amide bonds. The number of carbonyl (C=O) groups is 1. The molecule has 1 fully saturated rings. The van der Waals surface area contributed by atoms with Crippen molar-refractivity contribution >= 4 is 17.3 Å². The molecule has 1 saturated carbocycles. The second-order valence-electron chi connectivity index (χ2n) is 6.04. The van der Waals surface area contributed by atoms with Gasteiger partial charge in [0.05, 0.1) is 11.4 Å². The zero-order valence-corrected chi connectivity index (χ0v) is 12.0. The van der Waals surface area contributed by atoms with Crippen molar-refractivity contribution in [3.05, 3.63) is 24.3 Å². The predicted molar refractivity (Wildman–Crippen MR) is 81.9 cm³/mol. The van der Waals surface area contributed by atoms with Crippen LogP contribution in [0.5, 0.6) is 0 Å². The molecule has 20 heavy (non-hydrogen) atoms. The number of hydrogen-bond acceptors (Lipinski definition) is 3. The zero-order valence-electron chi connectivity index (χ0n) is 12.0. The third-order valence-corrected chi connectivity index (χ3v) is 4.65. The lowest BCUT2D eigenvalue weighted by Crippen LogP contribution is -2.47. The van der Waals surface area contributed by atoms with Crippen molar-refractivity contribution in [1.29, 1.82) is 0 Å². The first-order valence-corrected chi connectivity index (χ1v) is 7.61. The second-order valence-corrected chi connectivity index (χ2v) is 6.04. The Morgan fingerprint density at radius 1 is 1.30 bits per heavy atom. The van der Waals surface area contributed by atoms with Crippen LogP contribution in [0.25, 0.3) is 0 Å². The normalized spacial score (nSPS) is 28.1. The van der Waals surface area contributed by atoms with E-state index in [9.17, 15) is 4.79 Å². The highest BCUT2D eigenvalue weighted by Crippen LogP contribution is 2.30. The molecule has 3 N–H and O–H groups in total. The molecule has 3 unspecified atom stereocenters. The third-order valence-electron chi connectivity index (χ3n) is 4.65. The number of fused-ring (bicyclic) bond motifs is 1. The fourth-order valence-electron chi connectivity index (χ4n) is 3.25. The summed E-state index contributed by atoms with van der Waals surface area (Å²) in [4.78, 5) is 12.3. The molecule has 0 bridgehead atoms. The van der Waals surface area contributed by atoms with Gasteiger partial charge in [-0.3, -0.25) is 4.79 Å². The molecule has 4 heteroatoms. The maximum atomic E-state index is 12.3. The summed E-state index contributed by atoms with van der Waals surface area (Å²) < 4.78 is 0. The van der Waals surface area contributed by atoms with E-state index < -0.39 is 0 Å². The first kappa shape index (κ1) is 13.3. The smallest absolute Gasteiger partial charge is 0.244 e. The van der Waals surface area contributed by atoms with Crippen molar-refractivity contribution in [3.63, 3.8) is 0 Å². The Morgan fingerprint density at radius 3 is 2.85 bits per heavy atom. The quantitative estimate of drug-likeness (QED) is 0.793. The number of carbonyl (C=O) groups excluding carboxylic acids is 1. The zero-order chi connectivity index (χ0) is 13.9. The largest absolute Gasteiger partial charge is 0.381 e. The fraction of sp³-hybridized carbons (Fsp3) is 0.562. The van der Waals surface area contributed by atoms with Gasteiger partial charge in [0.15, 0.2) is 0 Å². The molecular formula is C16H23N3O. The minimum atomic E-state index is -0.179. The van der Waals surface area contributed by atoms with Gasteiger partial charge in [0, 0.05) is 13.1 Å². The Morgan fingerprint density at radius 2 is 2.10 bits per heavy atom. The van der Waals surface area contributed by atoms with Crippen LogP contribution < -0.4 is 16.0 Å². The van der Waals surface area contributed by atoms with Gasteiger partial charge < -0.3 is 16.0 Å². The molecule has 1 heterocycles. The Kier molecular flexibility index (Phi) is 3.81. The van der Waals surface area contributed by atoms with Gasteiger partial charge in [-0.15, -0.1) is 0 Å². The highest BCUT2D eigenvalue weighted by molar-refractivity contribution is 5.88. The van der Waals surface area contributed by atoms with E-state index in [1.54, 1.807) is 0 Å². The van der Waals surface area contributed by atoms with Crippen LogP contribution in [-0.4, -0.2) is 25.0 Å². The Labute approximate surface area is 120 Å². The lowest BCUT2D eigenvalue weighted by atomic mass is 9.98. The molecule has 0 radical (unpaired) electrons. The highest BCUT2D eigenvalue weighted by atomic mass is 16.2. The molecule has 1 aliphatic heterocycles. The number of para-hydroxylation sites is 2. The van der Waals surface area contributed by atoms with Gasteiger partial charge in [-0.2, -0.15) is 0 Å². The van der Waals surface area contributed by atoms with Crippen molar-refractivity contribution in [2.24, 2.45) is 11.8 Å². The Hall–Kier alpha value is -1.71. The van der Waals surface area contributed by atoms with E-state index in [-0.39, 0.29) is 11.9 Å². The average molecular weight is 273 g/mol. The maximum Gasteiger partial charge on any atom is 0.244 e. The van der Waals surface area contributed by atoms with Crippen molar-refractivity contribution in [3.8, 4) is 0 Å². The Balaban J connectivity index is 1.54. The molecule has 1 aromatic carbocycles. The van der Waals surface area contributed by atoms with Gasteiger partial charge >= 0.3 is 0 Å². The fourth-order valence-corrected chi connectivity index (χ4v) is 3.25. The second kappa shape index (κ2) is 5.73. The summed E-state index contributed by atoms with van der Waals surface area (Å²) in [6.07, 6.45) is 3.86. The number of nitrogens with one attached hydrogen (secondary N) is 3. The van der Waals surface area contributed by atoms with Gasteiger partial charge in [0.1, 0.15) is 6.04 Å². The summed E-state index contributed by atoms with van der Waals surface area (Å²) >= 11 is 0. The van der Waals surface area contributed by atoms with Gasteiger partial charge in [-0.25, -0.2) is 0 Å². The molecule has 0 aromatic heterocycles. The standard InChI is InChI=1S/C16H23N3O/c1-11-5-4-6-12(11)9-18-16(20)15-10-17-13-7-2-3-8-14(13)19-15/h2-3,7-8,11-12,15,17,19H,4-6,9-10H2,1H3,(H,18,20). The highest BCUT2D eigenvalue weighted by Gasteiger charge is 2.27. The summed E-state index contributed by atoms with van der Waals surface area (Å²) in [5.74, 6) is 1.50. The number of amides is 1. The maximum absolute atomic E-state index is 12.3. The van der Waals surface area contributed by atoms with Crippen molar-refractivity contribution in [2.45, 2.75) is 32.2 Å². The van der Waals surface area contributed by atoms with Crippen LogP contribution in [0.1, 0.15) is 26.2 Å². The molecule has 4 nitrogen and oxygen atoms in total. The molecule has 2 aliphatic rings. The first-order valence-electron chi connectivity index (χ1n) is 7.61. The predicted octanol–water partition coefficient (Wildman–Crippen LogP) is 2.44. The molecule has 1 aromatic rings. The molecule has 108 valence electrons.